The van der Waals surface area contributed by atoms with Gasteiger partial charge in [-0.3, -0.25) is 14.4 Å². The van der Waals surface area contributed by atoms with E-state index in [9.17, 15) is 51.0 Å². The first-order chi connectivity index (χ1) is 36.2. The number of methoxy groups -OCH3 is 1. The molecule has 20 heteroatoms. The van der Waals surface area contributed by atoms with Crippen LogP contribution in [0.4, 0.5) is 0 Å². The number of carbonyl (C=O) groups excluding carboxylic acids is 3. The van der Waals surface area contributed by atoms with Crippen molar-refractivity contribution in [1.29, 1.82) is 0 Å². The van der Waals surface area contributed by atoms with Gasteiger partial charge in [0.2, 0.25) is 26.0 Å². The number of ketones is 1. The second kappa shape index (κ2) is 27.9. The molecule has 1 heterocycles. The summed E-state index contributed by atoms with van der Waals surface area (Å²) < 4.78 is 70.0. The number of amides is 1. The standard InChI is InChI=1S/C33H36N2O8S.C23H26N2O6S/c1-3-42-32(39)25-10-12-26(13-11-25)43-21-5-6-24-16-18-33(19-17-24,30(36)28-7-4-20-34-28)22-29(31(37)38)35-44(40,41)27-14-8-23(2)9-15-27;1-17-6-12-20(13-7-17)32(29,30)25(2)16-22(26)24-21(23(27)28)15-19-10-8-18(9-11-19)5-4-14-31-3/h8-18,28-29,34-35H,3-4,7,19-22H2,1-2H3,(H,37,38);6-13,21H,14-16H2,1-3H3,(H,24,26)(H,27,28)/t28-,29?,33?;/m0./s1. The van der Waals surface area contributed by atoms with Crippen LogP contribution in [0.15, 0.2) is 131 Å². The van der Waals surface area contributed by atoms with Gasteiger partial charge in [0.05, 0.1) is 40.0 Å². The number of aliphatic carboxylic acids is 2. The number of ether oxygens (including phenoxy) is 3. The van der Waals surface area contributed by atoms with Crippen molar-refractivity contribution in [2.75, 3.05) is 47.1 Å². The zero-order valence-corrected chi connectivity index (χ0v) is 44.5. The molecular formula is C56H62N4O14S2. The average molecular weight is 1080 g/mol. The summed E-state index contributed by atoms with van der Waals surface area (Å²) in [6, 6.07) is 22.6. The van der Waals surface area contributed by atoms with Crippen molar-refractivity contribution in [2.45, 2.75) is 80.8 Å². The molecule has 1 aliphatic carbocycles. The average Bonchev–Trinajstić information content (AvgIpc) is 3.94. The predicted molar refractivity (Wildman–Crippen MR) is 283 cm³/mol. The summed E-state index contributed by atoms with van der Waals surface area (Å²) in [7, 11) is -5.21. The number of carboxylic acid groups (broad SMARTS) is 2. The third-order valence-electron chi connectivity index (χ3n) is 12.1. The predicted octanol–water partition coefficient (Wildman–Crippen LogP) is 5.00. The topological polar surface area (TPSA) is 261 Å². The Hall–Kier alpha value is -7.43. The minimum Gasteiger partial charge on any atom is -0.481 e. The van der Waals surface area contributed by atoms with Gasteiger partial charge in [0.1, 0.15) is 31.0 Å². The van der Waals surface area contributed by atoms with Crippen molar-refractivity contribution in [2.24, 2.45) is 5.41 Å². The number of hydrogen-bond donors (Lipinski definition) is 5. The fourth-order valence-corrected chi connectivity index (χ4v) is 10.2. The first-order valence-electron chi connectivity index (χ1n) is 24.2. The molecule has 0 aromatic heterocycles. The van der Waals surface area contributed by atoms with Gasteiger partial charge >= 0.3 is 17.9 Å². The smallest absolute Gasteiger partial charge is 0.338 e. The van der Waals surface area contributed by atoms with Gasteiger partial charge in [0.25, 0.3) is 0 Å². The molecule has 1 fully saturated rings. The van der Waals surface area contributed by atoms with Crippen molar-refractivity contribution in [1.82, 2.24) is 19.7 Å². The van der Waals surface area contributed by atoms with Crippen LogP contribution in [0, 0.1) is 42.9 Å². The van der Waals surface area contributed by atoms with Crippen LogP contribution in [-0.4, -0.2) is 126 Å². The highest BCUT2D eigenvalue weighted by molar-refractivity contribution is 7.89. The maximum atomic E-state index is 13.8. The number of hydrogen-bond acceptors (Lipinski definition) is 13. The molecule has 76 heavy (non-hydrogen) atoms. The number of esters is 1. The third-order valence-corrected chi connectivity index (χ3v) is 15.4. The Morgan fingerprint density at radius 3 is 1.99 bits per heavy atom. The molecule has 1 amide bonds. The first kappa shape index (κ1) is 59.4. The van der Waals surface area contributed by atoms with E-state index in [0.29, 0.717) is 42.0 Å². The van der Waals surface area contributed by atoms with Gasteiger partial charge in [-0.25, -0.2) is 26.4 Å². The second-order valence-corrected chi connectivity index (χ2v) is 21.7. The van der Waals surface area contributed by atoms with Gasteiger partial charge in [-0.2, -0.15) is 9.03 Å². The number of Topliss-reactive ketones (excluding diaryl/α,β-unsaturated/α-hetero) is 1. The molecule has 6 rings (SSSR count). The number of nitrogens with zero attached hydrogens (tertiary/aromatic N) is 1. The van der Waals surface area contributed by atoms with Crippen LogP contribution in [0.2, 0.25) is 0 Å². The SMILES string of the molecule is CCOC(=O)c1ccc(OCC#CC2=CCC(CC(NS(=O)(=O)c3ccc(C)cc3)C(=O)O)(C(=O)[C@@H]3CCCN3)C=C2)cc1.COCC#Cc1ccc(CC(NC(=O)CN(C)S(=O)(=O)c2ccc(C)cc2)C(=O)O)cc1. The minimum atomic E-state index is -4.16. The minimum absolute atomic E-state index is 0.0429. The van der Waals surface area contributed by atoms with Crippen LogP contribution in [0.25, 0.3) is 0 Å². The zero-order valence-electron chi connectivity index (χ0n) is 42.8. The lowest BCUT2D eigenvalue weighted by Crippen LogP contribution is -2.49. The molecule has 2 aliphatic rings. The van der Waals surface area contributed by atoms with Crippen molar-refractivity contribution < 1.29 is 65.2 Å². The van der Waals surface area contributed by atoms with Gasteiger partial charge in [0, 0.05) is 31.7 Å². The maximum Gasteiger partial charge on any atom is 0.338 e. The lowest BCUT2D eigenvalue weighted by Gasteiger charge is -2.35. The van der Waals surface area contributed by atoms with Crippen molar-refractivity contribution in [3.8, 4) is 29.4 Å². The van der Waals surface area contributed by atoms with Crippen LogP contribution < -0.4 is 20.1 Å². The van der Waals surface area contributed by atoms with Crippen LogP contribution in [0.5, 0.6) is 5.75 Å². The highest BCUT2D eigenvalue weighted by Crippen LogP contribution is 2.38. The molecule has 5 N–H and O–H groups in total. The Kier molecular flexibility index (Phi) is 21.8. The summed E-state index contributed by atoms with van der Waals surface area (Å²) in [5.41, 5.74) is 3.01. The number of carboxylic acids is 2. The van der Waals surface area contributed by atoms with E-state index in [1.807, 2.05) is 13.8 Å². The van der Waals surface area contributed by atoms with Gasteiger partial charge < -0.3 is 35.1 Å². The zero-order chi connectivity index (χ0) is 55.5. The molecule has 0 saturated carbocycles. The molecule has 1 aliphatic heterocycles. The molecule has 3 unspecified atom stereocenters. The number of nitrogens with one attached hydrogen (secondary N) is 3. The van der Waals surface area contributed by atoms with E-state index in [1.165, 1.54) is 31.3 Å². The van der Waals surface area contributed by atoms with Crippen molar-refractivity contribution >= 4 is 49.6 Å². The number of likely N-dealkylation sites (N-methyl/N-ethyl adjacent to an activating group) is 1. The fraction of sp³-hybridized carbons (Fsp3) is 0.339. The summed E-state index contributed by atoms with van der Waals surface area (Å²) in [5.74, 6) is 8.29. The Morgan fingerprint density at radius 1 is 0.816 bits per heavy atom. The summed E-state index contributed by atoms with van der Waals surface area (Å²) in [4.78, 5) is 61.9. The Labute approximate surface area is 444 Å². The highest BCUT2D eigenvalue weighted by atomic mass is 32.2. The number of carbonyl (C=O) groups is 5. The van der Waals surface area contributed by atoms with Crippen LogP contribution in [-0.2, 0) is 55.1 Å². The van der Waals surface area contributed by atoms with Gasteiger partial charge in [-0.05, 0) is 125 Å². The van der Waals surface area contributed by atoms with E-state index in [-0.39, 0.29) is 48.1 Å². The lowest BCUT2D eigenvalue weighted by atomic mass is 9.70. The van der Waals surface area contributed by atoms with E-state index in [2.05, 4.69) is 39.0 Å². The largest absolute Gasteiger partial charge is 0.481 e. The molecule has 1 saturated heterocycles. The number of aryl methyl sites for hydroxylation is 2. The summed E-state index contributed by atoms with van der Waals surface area (Å²) in [6.45, 7) is 6.23. The van der Waals surface area contributed by atoms with Gasteiger partial charge in [-0.15, -0.1) is 0 Å². The number of allylic oxidation sites excluding steroid dienone is 4. The summed E-state index contributed by atoms with van der Waals surface area (Å²) >= 11 is 0. The van der Waals surface area contributed by atoms with Crippen LogP contribution in [0.1, 0.15) is 65.2 Å². The molecule has 0 spiro atoms. The molecule has 0 radical (unpaired) electrons. The van der Waals surface area contributed by atoms with Crippen molar-refractivity contribution in [3.05, 3.63) is 149 Å². The third kappa shape index (κ3) is 17.3. The molecule has 0 bridgehead atoms. The monoisotopic (exact) mass is 1080 g/mol. The van der Waals surface area contributed by atoms with E-state index >= 15 is 0 Å². The Balaban J connectivity index is 0.000000296. The number of sulfonamides is 2. The molecule has 4 atom stereocenters. The van der Waals surface area contributed by atoms with Crippen LogP contribution in [0.3, 0.4) is 0 Å². The Morgan fingerprint density at radius 2 is 1.43 bits per heavy atom. The summed E-state index contributed by atoms with van der Waals surface area (Å²) in [5, 5.41) is 25.1. The van der Waals surface area contributed by atoms with E-state index in [1.54, 1.807) is 105 Å². The highest BCUT2D eigenvalue weighted by Gasteiger charge is 2.45. The number of benzene rings is 4. The molecule has 4 aromatic rings. The molecule has 4 aromatic carbocycles. The van der Waals surface area contributed by atoms with E-state index in [4.69, 9.17) is 14.2 Å². The normalized spacial score (nSPS) is 16.7. The quantitative estimate of drug-likeness (QED) is 0.0544. The lowest BCUT2D eigenvalue weighted by molar-refractivity contribution is -0.142. The van der Waals surface area contributed by atoms with Crippen molar-refractivity contribution in [3.63, 3.8) is 0 Å². The van der Waals surface area contributed by atoms with Crippen LogP contribution >= 0.6 is 0 Å². The second-order valence-electron chi connectivity index (χ2n) is 17.9. The first-order valence-corrected chi connectivity index (χ1v) is 27.1. The van der Waals surface area contributed by atoms with E-state index < -0.39 is 73.9 Å². The summed E-state index contributed by atoms with van der Waals surface area (Å²) in [6.07, 6.45) is 6.48. The van der Waals surface area contributed by atoms with E-state index in [0.717, 1.165) is 27.4 Å². The maximum absolute atomic E-state index is 13.8. The fourth-order valence-electron chi connectivity index (χ4n) is 7.92. The van der Waals surface area contributed by atoms with Gasteiger partial charge in [-0.1, -0.05) is 83.4 Å². The molecule has 402 valence electrons. The number of rotatable bonds is 21. The molecular weight excluding hydrogens is 1020 g/mol. The van der Waals surface area contributed by atoms with Gasteiger partial charge in [0.15, 0.2) is 5.78 Å². The molecule has 18 nitrogen and oxygen atoms in total. The Bertz CT molecular complexity index is 3110.